The molecule has 9 heteroatoms. The molecule has 2 heterocycles. The first-order valence-corrected chi connectivity index (χ1v) is 14.0. The number of carbonyl (C=O) groups is 1. The van der Waals surface area contributed by atoms with Gasteiger partial charge in [-0.15, -0.1) is 0 Å². The number of nitrogens with zero attached hydrogens (tertiary/aromatic N) is 2. The van der Waals surface area contributed by atoms with Crippen LogP contribution in [0.4, 0.5) is 5.69 Å². The SMILES string of the molecule is COc1ccc(C2c3cc(OCCc4ccc(OC)c(N)c4)c(OC)cc3CCN2C(=O)CCc2ccon2)c(C)c1. The van der Waals surface area contributed by atoms with Gasteiger partial charge in [0.05, 0.1) is 45.4 Å². The van der Waals surface area contributed by atoms with Crippen LogP contribution < -0.4 is 24.7 Å². The topological polar surface area (TPSA) is 109 Å². The van der Waals surface area contributed by atoms with E-state index < -0.39 is 0 Å². The Morgan fingerprint density at radius 2 is 1.79 bits per heavy atom. The standard InChI is InChI=1S/C33H37N3O6/c1-21-17-25(38-2)7-8-26(21)33-27-20-31(41-15-12-22-5-9-29(39-3)28(34)18-22)30(40-4)19-23(27)11-14-36(33)32(37)10-6-24-13-16-42-35-24/h5,7-9,13,16-20,33H,6,10-12,14-15,34H2,1-4H3. The van der Waals surface area contributed by atoms with E-state index in [-0.39, 0.29) is 11.9 Å². The van der Waals surface area contributed by atoms with E-state index in [1.165, 1.54) is 6.26 Å². The molecular formula is C33H37N3O6. The number of methoxy groups -OCH3 is 3. The molecule has 0 bridgehead atoms. The van der Waals surface area contributed by atoms with Gasteiger partial charge >= 0.3 is 0 Å². The summed E-state index contributed by atoms with van der Waals surface area (Å²) >= 11 is 0. The molecule has 1 unspecified atom stereocenters. The number of aryl methyl sites for hydroxylation is 2. The van der Waals surface area contributed by atoms with E-state index in [9.17, 15) is 4.79 Å². The van der Waals surface area contributed by atoms with Crippen molar-refractivity contribution in [2.45, 2.75) is 38.6 Å². The maximum Gasteiger partial charge on any atom is 0.223 e. The molecule has 0 spiro atoms. The van der Waals surface area contributed by atoms with Gasteiger partial charge in [-0.1, -0.05) is 17.3 Å². The number of amides is 1. The Labute approximate surface area is 246 Å². The number of aromatic nitrogens is 1. The molecule has 2 N–H and O–H groups in total. The third-order valence-electron chi connectivity index (χ3n) is 7.77. The van der Waals surface area contributed by atoms with E-state index in [4.69, 9.17) is 29.2 Å². The average Bonchev–Trinajstić information content (AvgIpc) is 3.53. The van der Waals surface area contributed by atoms with Gasteiger partial charge in [-0.25, -0.2) is 0 Å². The minimum absolute atomic E-state index is 0.0549. The summed E-state index contributed by atoms with van der Waals surface area (Å²) in [7, 11) is 4.90. The van der Waals surface area contributed by atoms with Crippen molar-refractivity contribution in [3.63, 3.8) is 0 Å². The third kappa shape index (κ3) is 6.15. The highest BCUT2D eigenvalue weighted by molar-refractivity contribution is 5.78. The molecule has 4 aromatic rings. The highest BCUT2D eigenvalue weighted by Gasteiger charge is 2.34. The first-order chi connectivity index (χ1) is 20.4. The summed E-state index contributed by atoms with van der Waals surface area (Å²) in [5.74, 6) is 2.77. The smallest absolute Gasteiger partial charge is 0.223 e. The largest absolute Gasteiger partial charge is 0.497 e. The first-order valence-electron chi connectivity index (χ1n) is 14.0. The van der Waals surface area contributed by atoms with Crippen LogP contribution in [-0.4, -0.2) is 50.4 Å². The molecule has 0 aliphatic carbocycles. The number of anilines is 1. The zero-order valence-corrected chi connectivity index (χ0v) is 24.5. The summed E-state index contributed by atoms with van der Waals surface area (Å²) in [6.45, 7) is 3.06. The summed E-state index contributed by atoms with van der Waals surface area (Å²) < 4.78 is 27.7. The van der Waals surface area contributed by atoms with Crippen molar-refractivity contribution in [2.24, 2.45) is 0 Å². The van der Waals surface area contributed by atoms with Gasteiger partial charge in [-0.05, 0) is 77.6 Å². The maximum absolute atomic E-state index is 13.7. The van der Waals surface area contributed by atoms with Crippen LogP contribution in [0, 0.1) is 6.92 Å². The van der Waals surface area contributed by atoms with E-state index in [1.54, 1.807) is 27.4 Å². The van der Waals surface area contributed by atoms with Gasteiger partial charge in [0, 0.05) is 31.9 Å². The van der Waals surface area contributed by atoms with Crippen LogP contribution in [-0.2, 0) is 24.1 Å². The van der Waals surface area contributed by atoms with Crippen LogP contribution in [0.25, 0.3) is 0 Å². The fourth-order valence-corrected chi connectivity index (χ4v) is 5.55. The Morgan fingerprint density at radius 3 is 2.48 bits per heavy atom. The molecule has 1 aromatic heterocycles. The lowest BCUT2D eigenvalue weighted by Crippen LogP contribution is -2.41. The van der Waals surface area contributed by atoms with Gasteiger partial charge in [-0.3, -0.25) is 4.79 Å². The number of benzene rings is 3. The maximum atomic E-state index is 13.7. The normalized spacial score (nSPS) is 14.3. The molecule has 42 heavy (non-hydrogen) atoms. The second-order valence-corrected chi connectivity index (χ2v) is 10.3. The zero-order valence-electron chi connectivity index (χ0n) is 24.5. The van der Waals surface area contributed by atoms with E-state index >= 15 is 0 Å². The van der Waals surface area contributed by atoms with Crippen molar-refractivity contribution in [2.75, 3.05) is 40.2 Å². The van der Waals surface area contributed by atoms with Gasteiger partial charge in [-0.2, -0.15) is 0 Å². The Bertz CT molecular complexity index is 1540. The number of ether oxygens (including phenoxy) is 4. The first kappa shape index (κ1) is 28.9. The lowest BCUT2D eigenvalue weighted by Gasteiger charge is -2.39. The molecule has 1 amide bonds. The number of fused-ring (bicyclic) bond motifs is 1. The molecule has 220 valence electrons. The molecule has 1 aliphatic rings. The second-order valence-electron chi connectivity index (χ2n) is 10.3. The summed E-state index contributed by atoms with van der Waals surface area (Å²) in [5.41, 5.74) is 12.7. The number of carbonyl (C=O) groups excluding carboxylic acids is 1. The van der Waals surface area contributed by atoms with E-state index in [2.05, 4.69) is 5.16 Å². The quantitative estimate of drug-likeness (QED) is 0.241. The molecule has 1 aliphatic heterocycles. The fourth-order valence-electron chi connectivity index (χ4n) is 5.55. The molecule has 5 rings (SSSR count). The Balaban J connectivity index is 1.45. The molecule has 0 saturated carbocycles. The molecule has 9 nitrogen and oxygen atoms in total. The molecule has 0 radical (unpaired) electrons. The molecule has 0 fully saturated rings. The highest BCUT2D eigenvalue weighted by atomic mass is 16.5. The third-order valence-corrected chi connectivity index (χ3v) is 7.77. The van der Waals surface area contributed by atoms with Crippen LogP contribution in [0.1, 0.15) is 46.0 Å². The number of hydrogen-bond acceptors (Lipinski definition) is 8. The van der Waals surface area contributed by atoms with Crippen LogP contribution in [0.5, 0.6) is 23.0 Å². The minimum atomic E-state index is -0.292. The van der Waals surface area contributed by atoms with Gasteiger partial charge in [0.15, 0.2) is 11.5 Å². The van der Waals surface area contributed by atoms with E-state index in [1.807, 2.05) is 60.4 Å². The monoisotopic (exact) mass is 571 g/mol. The summed E-state index contributed by atoms with van der Waals surface area (Å²) in [6.07, 6.45) is 3.73. The predicted octanol–water partition coefficient (Wildman–Crippen LogP) is 5.32. The lowest BCUT2D eigenvalue weighted by molar-refractivity contribution is -0.133. The molecular weight excluding hydrogens is 534 g/mol. The molecule has 0 saturated heterocycles. The van der Waals surface area contributed by atoms with Crippen molar-refractivity contribution in [1.29, 1.82) is 0 Å². The molecule has 3 aromatic carbocycles. The minimum Gasteiger partial charge on any atom is -0.497 e. The summed E-state index contributed by atoms with van der Waals surface area (Å²) in [5, 5.41) is 3.97. The van der Waals surface area contributed by atoms with Crippen LogP contribution in [0.2, 0.25) is 0 Å². The molecule has 1 atom stereocenters. The number of hydrogen-bond donors (Lipinski definition) is 1. The van der Waals surface area contributed by atoms with Crippen LogP contribution in [0.3, 0.4) is 0 Å². The lowest BCUT2D eigenvalue weighted by atomic mass is 9.85. The van der Waals surface area contributed by atoms with Crippen molar-refractivity contribution in [1.82, 2.24) is 10.1 Å². The van der Waals surface area contributed by atoms with Gasteiger partial charge in [0.1, 0.15) is 17.8 Å². The van der Waals surface area contributed by atoms with Crippen molar-refractivity contribution in [3.05, 3.63) is 94.4 Å². The average molecular weight is 572 g/mol. The Hall–Kier alpha value is -4.66. The van der Waals surface area contributed by atoms with E-state index in [0.29, 0.717) is 61.8 Å². The van der Waals surface area contributed by atoms with Crippen LogP contribution >= 0.6 is 0 Å². The summed E-state index contributed by atoms with van der Waals surface area (Å²) in [6, 6.07) is 17.3. The number of nitrogens with two attached hydrogens (primary N) is 1. The number of nitrogen functional groups attached to an aromatic ring is 1. The second kappa shape index (κ2) is 12.9. The Morgan fingerprint density at radius 1 is 0.952 bits per heavy atom. The predicted molar refractivity (Wildman–Crippen MR) is 159 cm³/mol. The van der Waals surface area contributed by atoms with Gasteiger partial charge in [0.2, 0.25) is 5.91 Å². The van der Waals surface area contributed by atoms with Gasteiger partial charge in [0.25, 0.3) is 0 Å². The zero-order chi connectivity index (χ0) is 29.6. The van der Waals surface area contributed by atoms with Crippen LogP contribution in [0.15, 0.2) is 65.4 Å². The van der Waals surface area contributed by atoms with Crippen molar-refractivity contribution in [3.8, 4) is 23.0 Å². The summed E-state index contributed by atoms with van der Waals surface area (Å²) in [4.78, 5) is 15.7. The number of rotatable bonds is 11. The Kier molecular flexibility index (Phi) is 8.85. The van der Waals surface area contributed by atoms with Crippen molar-refractivity contribution < 1.29 is 28.3 Å². The fraction of sp³-hybridized carbons (Fsp3) is 0.333. The van der Waals surface area contributed by atoms with Crippen molar-refractivity contribution >= 4 is 11.6 Å². The van der Waals surface area contributed by atoms with E-state index in [0.717, 1.165) is 39.3 Å². The highest BCUT2D eigenvalue weighted by Crippen LogP contribution is 2.42. The van der Waals surface area contributed by atoms with Gasteiger partial charge < -0.3 is 34.1 Å².